The van der Waals surface area contributed by atoms with Crippen LogP contribution in [0.3, 0.4) is 0 Å². The number of fused-ring (bicyclic) bond motifs is 2. The van der Waals surface area contributed by atoms with Gasteiger partial charge in [0.05, 0.1) is 11.8 Å². The molecule has 3 heteroatoms. The minimum absolute atomic E-state index is 0.0303. The number of hydrogen-bond donors (Lipinski definition) is 2. The molecule has 0 saturated carbocycles. The summed E-state index contributed by atoms with van der Waals surface area (Å²) in [6.07, 6.45) is 0.694. The summed E-state index contributed by atoms with van der Waals surface area (Å²) in [5.41, 5.74) is 2.76. The zero-order valence-electron chi connectivity index (χ0n) is 10.5. The summed E-state index contributed by atoms with van der Waals surface area (Å²) in [6, 6.07) is 8.82. The molecule has 0 radical (unpaired) electrons. The first-order valence-corrected chi connectivity index (χ1v) is 6.34. The van der Waals surface area contributed by atoms with E-state index >= 15 is 0 Å². The lowest BCUT2D eigenvalue weighted by molar-refractivity contribution is -0.0749. The van der Waals surface area contributed by atoms with Gasteiger partial charge in [0.2, 0.25) is 0 Å². The summed E-state index contributed by atoms with van der Waals surface area (Å²) in [7, 11) is 0. The molecule has 1 aromatic carbocycles. The molecule has 3 nitrogen and oxygen atoms in total. The Kier molecular flexibility index (Phi) is 2.51. The Labute approximate surface area is 102 Å². The van der Waals surface area contributed by atoms with Crippen LogP contribution in [-0.2, 0) is 13.0 Å². The molecular weight excluding hydrogens is 212 g/mol. The fourth-order valence-corrected chi connectivity index (χ4v) is 3.10. The van der Waals surface area contributed by atoms with Crippen molar-refractivity contribution in [3.05, 3.63) is 35.4 Å². The molecule has 2 heterocycles. The van der Waals surface area contributed by atoms with Crippen LogP contribution in [0.5, 0.6) is 0 Å². The van der Waals surface area contributed by atoms with Gasteiger partial charge in [-0.1, -0.05) is 24.3 Å². The van der Waals surface area contributed by atoms with Gasteiger partial charge in [-0.2, -0.15) is 0 Å². The van der Waals surface area contributed by atoms with Crippen molar-refractivity contribution >= 4 is 0 Å². The van der Waals surface area contributed by atoms with Crippen LogP contribution in [0.15, 0.2) is 24.3 Å². The maximum Gasteiger partial charge on any atom is 0.0824 e. The summed E-state index contributed by atoms with van der Waals surface area (Å²) in [5, 5.41) is 13.6. The molecule has 1 aromatic rings. The number of aliphatic hydroxyl groups excluding tert-OH is 1. The molecule has 1 saturated heterocycles. The average Bonchev–Trinajstić information content (AvgIpc) is 2.33. The molecule has 17 heavy (non-hydrogen) atoms. The summed E-state index contributed by atoms with van der Waals surface area (Å²) >= 11 is 0. The fourth-order valence-electron chi connectivity index (χ4n) is 3.10. The van der Waals surface area contributed by atoms with Crippen LogP contribution in [0.1, 0.15) is 25.0 Å². The highest BCUT2D eigenvalue weighted by atomic mass is 16.3. The van der Waals surface area contributed by atoms with Crippen molar-refractivity contribution in [2.45, 2.75) is 44.6 Å². The van der Waals surface area contributed by atoms with E-state index in [1.807, 2.05) is 0 Å². The Hall–Kier alpha value is -0.900. The van der Waals surface area contributed by atoms with Crippen LogP contribution in [-0.4, -0.2) is 34.4 Å². The highest BCUT2D eigenvalue weighted by molar-refractivity contribution is 5.31. The zero-order valence-corrected chi connectivity index (χ0v) is 10.5. The van der Waals surface area contributed by atoms with Gasteiger partial charge in [-0.3, -0.25) is 10.2 Å². The van der Waals surface area contributed by atoms with Crippen molar-refractivity contribution in [3.63, 3.8) is 0 Å². The minimum Gasteiger partial charge on any atom is -0.390 e. The van der Waals surface area contributed by atoms with Crippen molar-refractivity contribution in [3.8, 4) is 0 Å². The van der Waals surface area contributed by atoms with Crippen LogP contribution < -0.4 is 5.32 Å². The van der Waals surface area contributed by atoms with E-state index in [1.165, 1.54) is 11.1 Å². The van der Waals surface area contributed by atoms with Gasteiger partial charge >= 0.3 is 0 Å². The van der Waals surface area contributed by atoms with Crippen molar-refractivity contribution in [2.24, 2.45) is 0 Å². The largest absolute Gasteiger partial charge is 0.390 e. The van der Waals surface area contributed by atoms with Gasteiger partial charge in [-0.25, -0.2) is 0 Å². The second kappa shape index (κ2) is 3.80. The highest BCUT2D eigenvalue weighted by Crippen LogP contribution is 2.32. The van der Waals surface area contributed by atoms with E-state index in [0.717, 1.165) is 13.0 Å². The molecule has 92 valence electrons. The highest BCUT2D eigenvalue weighted by Gasteiger charge is 2.43. The van der Waals surface area contributed by atoms with E-state index in [4.69, 9.17) is 0 Å². The Bertz CT molecular complexity index is 430. The topological polar surface area (TPSA) is 35.5 Å². The quantitative estimate of drug-likeness (QED) is 0.703. The van der Waals surface area contributed by atoms with Gasteiger partial charge in [0, 0.05) is 19.1 Å². The summed E-state index contributed by atoms with van der Waals surface area (Å²) in [6.45, 7) is 6.01. The Morgan fingerprint density at radius 1 is 1.29 bits per heavy atom. The Morgan fingerprint density at radius 3 is 2.76 bits per heavy atom. The third-order valence-electron chi connectivity index (χ3n) is 4.19. The number of β-amino-alcohol motifs (C(OH)–C–C–N with tert-alkyl or cyclic N) is 1. The molecule has 0 unspecified atom stereocenters. The maximum absolute atomic E-state index is 10.2. The third-order valence-corrected chi connectivity index (χ3v) is 4.19. The van der Waals surface area contributed by atoms with Gasteiger partial charge in [-0.15, -0.1) is 0 Å². The summed E-state index contributed by atoms with van der Waals surface area (Å²) in [5.74, 6) is 0. The molecule has 0 aromatic heterocycles. The molecule has 1 fully saturated rings. The van der Waals surface area contributed by atoms with Crippen molar-refractivity contribution < 1.29 is 5.11 Å². The van der Waals surface area contributed by atoms with E-state index in [1.54, 1.807) is 0 Å². The smallest absolute Gasteiger partial charge is 0.0824 e. The summed E-state index contributed by atoms with van der Waals surface area (Å²) in [4.78, 5) is 2.39. The molecule has 0 spiro atoms. The lowest BCUT2D eigenvalue weighted by Gasteiger charge is -2.52. The number of hydrogen-bond acceptors (Lipinski definition) is 3. The van der Waals surface area contributed by atoms with Crippen molar-refractivity contribution in [2.75, 3.05) is 6.54 Å². The first-order chi connectivity index (χ1) is 8.08. The second-order valence-corrected chi connectivity index (χ2v) is 5.68. The first kappa shape index (κ1) is 11.2. The van der Waals surface area contributed by atoms with Gasteiger partial charge in [-0.05, 0) is 31.4 Å². The Balaban J connectivity index is 1.98. The van der Waals surface area contributed by atoms with Gasteiger partial charge in [0.1, 0.15) is 0 Å². The zero-order chi connectivity index (χ0) is 12.0. The molecule has 0 aliphatic carbocycles. The van der Waals surface area contributed by atoms with Crippen LogP contribution in [0, 0.1) is 0 Å². The predicted molar refractivity (Wildman–Crippen MR) is 67.6 cm³/mol. The lowest BCUT2D eigenvalue weighted by Crippen LogP contribution is -2.69. The van der Waals surface area contributed by atoms with Crippen LogP contribution >= 0.6 is 0 Å². The van der Waals surface area contributed by atoms with Crippen LogP contribution in [0.2, 0.25) is 0 Å². The molecule has 2 aliphatic heterocycles. The van der Waals surface area contributed by atoms with E-state index in [0.29, 0.717) is 6.54 Å². The Morgan fingerprint density at radius 2 is 2.00 bits per heavy atom. The molecule has 2 aliphatic rings. The number of rotatable bonds is 0. The lowest BCUT2D eigenvalue weighted by atomic mass is 9.86. The molecule has 0 amide bonds. The minimum atomic E-state index is -0.267. The van der Waals surface area contributed by atoms with Crippen molar-refractivity contribution in [1.82, 2.24) is 10.2 Å². The van der Waals surface area contributed by atoms with Crippen LogP contribution in [0.25, 0.3) is 0 Å². The molecule has 0 bridgehead atoms. The molecular formula is C14H20N2O. The average molecular weight is 232 g/mol. The van der Waals surface area contributed by atoms with E-state index < -0.39 is 0 Å². The van der Waals surface area contributed by atoms with E-state index in [2.05, 4.69) is 48.3 Å². The van der Waals surface area contributed by atoms with E-state index in [-0.39, 0.29) is 17.8 Å². The predicted octanol–water partition coefficient (Wildman–Crippen LogP) is 1.11. The molecule has 2 atom stereocenters. The van der Waals surface area contributed by atoms with Crippen molar-refractivity contribution in [1.29, 1.82) is 0 Å². The monoisotopic (exact) mass is 232 g/mol. The number of nitrogens with one attached hydrogen (secondary N) is 1. The SMILES string of the molecule is CC1(C)NC[C@@H](O)[C@@H]2Cc3ccccc3CN21. The van der Waals surface area contributed by atoms with Gasteiger partial charge < -0.3 is 5.11 Å². The summed E-state index contributed by atoms with van der Waals surface area (Å²) < 4.78 is 0. The van der Waals surface area contributed by atoms with Gasteiger partial charge in [0.15, 0.2) is 0 Å². The molecule has 3 rings (SSSR count). The normalized spacial score (nSPS) is 31.7. The third kappa shape index (κ3) is 1.79. The number of aliphatic hydroxyl groups is 1. The second-order valence-electron chi connectivity index (χ2n) is 5.68. The van der Waals surface area contributed by atoms with E-state index in [9.17, 15) is 5.11 Å². The molecule has 2 N–H and O–H groups in total. The standard InChI is InChI=1S/C14H20N2O/c1-14(2)15-8-13(17)12-7-10-5-3-4-6-11(10)9-16(12)14/h3-6,12-13,15,17H,7-9H2,1-2H3/t12-,13+/m0/s1. The van der Waals surface area contributed by atoms with Crippen LogP contribution in [0.4, 0.5) is 0 Å². The van der Waals surface area contributed by atoms with Gasteiger partial charge in [0.25, 0.3) is 0 Å². The number of nitrogens with zero attached hydrogens (tertiary/aromatic N) is 1. The number of benzene rings is 1. The fraction of sp³-hybridized carbons (Fsp3) is 0.571. The first-order valence-electron chi connectivity index (χ1n) is 6.34. The maximum atomic E-state index is 10.2.